The van der Waals surface area contributed by atoms with Crippen LogP contribution < -0.4 is 0 Å². The number of carbonyl (C=O) groups is 2. The lowest BCUT2D eigenvalue weighted by molar-refractivity contribution is -0.149. The molecule has 0 radical (unpaired) electrons. The summed E-state index contributed by atoms with van der Waals surface area (Å²) in [6.45, 7) is 0. The Morgan fingerprint density at radius 1 is 0.846 bits per heavy atom. The van der Waals surface area contributed by atoms with E-state index >= 15 is 0 Å². The van der Waals surface area contributed by atoms with Gasteiger partial charge in [0.1, 0.15) is 0 Å². The van der Waals surface area contributed by atoms with E-state index in [2.05, 4.69) is 4.98 Å². The Balaban J connectivity index is 1.87. The summed E-state index contributed by atoms with van der Waals surface area (Å²) in [4.78, 5) is 28.2. The summed E-state index contributed by atoms with van der Waals surface area (Å²) >= 11 is 0. The Morgan fingerprint density at radius 2 is 1.50 bits per heavy atom. The van der Waals surface area contributed by atoms with Gasteiger partial charge in [-0.2, -0.15) is 0 Å². The van der Waals surface area contributed by atoms with Crippen LogP contribution in [0, 0.1) is 0 Å². The molecular formula is C21H14N2O3. The van der Waals surface area contributed by atoms with Crippen molar-refractivity contribution in [1.29, 1.82) is 0 Å². The SMILES string of the molecule is Cn1cc(C2=C(c3c[nH]c4ccccc34)C(=O)OC2=O)c2ccccc21. The molecule has 0 unspecified atom stereocenters. The number of aromatic amines is 1. The van der Waals surface area contributed by atoms with Gasteiger partial charge < -0.3 is 14.3 Å². The van der Waals surface area contributed by atoms with Crippen molar-refractivity contribution in [3.05, 3.63) is 72.1 Å². The lowest BCUT2D eigenvalue weighted by Crippen LogP contribution is -2.01. The third kappa shape index (κ3) is 1.91. The van der Waals surface area contributed by atoms with E-state index < -0.39 is 11.9 Å². The highest BCUT2D eigenvalue weighted by molar-refractivity contribution is 6.46. The van der Waals surface area contributed by atoms with E-state index in [9.17, 15) is 9.59 Å². The first-order chi connectivity index (χ1) is 12.6. The van der Waals surface area contributed by atoms with Gasteiger partial charge >= 0.3 is 11.9 Å². The van der Waals surface area contributed by atoms with Crippen LogP contribution in [0.5, 0.6) is 0 Å². The predicted molar refractivity (Wildman–Crippen MR) is 99.1 cm³/mol. The van der Waals surface area contributed by atoms with E-state index in [-0.39, 0.29) is 0 Å². The molecule has 5 rings (SSSR count). The number of aromatic nitrogens is 2. The minimum absolute atomic E-state index is 0.309. The largest absolute Gasteiger partial charge is 0.386 e. The van der Waals surface area contributed by atoms with Crippen LogP contribution >= 0.6 is 0 Å². The van der Waals surface area contributed by atoms with Crippen molar-refractivity contribution in [3.8, 4) is 0 Å². The van der Waals surface area contributed by atoms with Crippen LogP contribution in [-0.2, 0) is 21.4 Å². The summed E-state index contributed by atoms with van der Waals surface area (Å²) in [6.07, 6.45) is 3.62. The van der Waals surface area contributed by atoms with Gasteiger partial charge in [-0.3, -0.25) is 0 Å². The molecule has 0 saturated carbocycles. The third-order valence-corrected chi connectivity index (χ3v) is 4.87. The molecular weight excluding hydrogens is 328 g/mol. The summed E-state index contributed by atoms with van der Waals surface area (Å²) in [5.41, 5.74) is 3.90. The first-order valence-corrected chi connectivity index (χ1v) is 8.27. The van der Waals surface area contributed by atoms with Crippen LogP contribution in [0.4, 0.5) is 0 Å². The minimum atomic E-state index is -0.609. The zero-order chi connectivity index (χ0) is 17.8. The van der Waals surface area contributed by atoms with Crippen molar-refractivity contribution >= 4 is 44.9 Å². The van der Waals surface area contributed by atoms with Crippen molar-refractivity contribution in [3.63, 3.8) is 0 Å². The summed E-state index contributed by atoms with van der Waals surface area (Å²) in [6, 6.07) is 15.5. The Labute approximate surface area is 148 Å². The number of para-hydroxylation sites is 2. The number of carbonyl (C=O) groups excluding carboxylic acids is 2. The maximum atomic E-state index is 12.6. The Bertz CT molecular complexity index is 1260. The topological polar surface area (TPSA) is 64.1 Å². The number of ether oxygens (including phenoxy) is 1. The number of H-pyrrole nitrogens is 1. The molecule has 126 valence electrons. The van der Waals surface area contributed by atoms with E-state index in [0.717, 1.165) is 21.8 Å². The number of fused-ring (bicyclic) bond motifs is 2. The van der Waals surface area contributed by atoms with Gasteiger partial charge in [0.05, 0.1) is 11.1 Å². The van der Waals surface area contributed by atoms with Gasteiger partial charge in [0.15, 0.2) is 0 Å². The number of benzene rings is 2. The molecule has 1 aliphatic heterocycles. The highest BCUT2D eigenvalue weighted by Gasteiger charge is 2.37. The Kier molecular flexibility index (Phi) is 2.94. The quantitative estimate of drug-likeness (QED) is 0.447. The smallest absolute Gasteiger partial charge is 0.347 e. The van der Waals surface area contributed by atoms with Crippen LogP contribution in [0.25, 0.3) is 33.0 Å². The maximum absolute atomic E-state index is 12.6. The lowest BCUT2D eigenvalue weighted by Gasteiger charge is -2.01. The van der Waals surface area contributed by atoms with Crippen molar-refractivity contribution in [2.75, 3.05) is 0 Å². The van der Waals surface area contributed by atoms with Crippen LogP contribution in [0.1, 0.15) is 11.1 Å². The molecule has 1 N–H and O–H groups in total. The number of hydrogen-bond donors (Lipinski definition) is 1. The summed E-state index contributed by atoms with van der Waals surface area (Å²) in [5, 5.41) is 1.79. The zero-order valence-corrected chi connectivity index (χ0v) is 13.9. The molecule has 0 fully saturated rings. The molecule has 5 nitrogen and oxygen atoms in total. The van der Waals surface area contributed by atoms with Crippen LogP contribution in [-0.4, -0.2) is 21.5 Å². The summed E-state index contributed by atoms with van der Waals surface area (Å²) < 4.78 is 6.94. The van der Waals surface area contributed by atoms with Crippen LogP contribution in [0.15, 0.2) is 60.9 Å². The molecule has 3 heterocycles. The second-order valence-electron chi connectivity index (χ2n) is 6.35. The number of hydrogen-bond acceptors (Lipinski definition) is 3. The van der Waals surface area contributed by atoms with Gasteiger partial charge in [0, 0.05) is 52.4 Å². The van der Waals surface area contributed by atoms with Gasteiger partial charge in [-0.05, 0) is 12.1 Å². The van der Waals surface area contributed by atoms with Crippen LogP contribution in [0.3, 0.4) is 0 Å². The normalized spacial score (nSPS) is 14.7. The molecule has 2 aromatic heterocycles. The molecule has 0 aliphatic carbocycles. The molecule has 0 bridgehead atoms. The number of esters is 2. The summed E-state index contributed by atoms with van der Waals surface area (Å²) in [5.74, 6) is -1.21. The number of cyclic esters (lactones) is 2. The first-order valence-electron chi connectivity index (χ1n) is 8.27. The molecule has 26 heavy (non-hydrogen) atoms. The number of rotatable bonds is 2. The van der Waals surface area contributed by atoms with E-state index in [1.165, 1.54) is 0 Å². The maximum Gasteiger partial charge on any atom is 0.347 e. The highest BCUT2D eigenvalue weighted by atomic mass is 16.6. The molecule has 4 aromatic rings. The molecule has 0 amide bonds. The molecule has 0 spiro atoms. The second kappa shape index (κ2) is 5.20. The van der Waals surface area contributed by atoms with Gasteiger partial charge in [-0.1, -0.05) is 36.4 Å². The van der Waals surface area contributed by atoms with E-state index in [1.54, 1.807) is 6.20 Å². The fourth-order valence-electron chi connectivity index (χ4n) is 3.70. The molecule has 2 aromatic carbocycles. The monoisotopic (exact) mass is 342 g/mol. The molecule has 0 atom stereocenters. The van der Waals surface area contributed by atoms with E-state index in [4.69, 9.17) is 4.74 Å². The van der Waals surface area contributed by atoms with Gasteiger partial charge in [0.25, 0.3) is 0 Å². The number of nitrogens with zero attached hydrogens (tertiary/aromatic N) is 1. The van der Waals surface area contributed by atoms with Crippen molar-refractivity contribution in [2.24, 2.45) is 7.05 Å². The average molecular weight is 342 g/mol. The fourth-order valence-corrected chi connectivity index (χ4v) is 3.70. The van der Waals surface area contributed by atoms with Crippen molar-refractivity contribution in [2.45, 2.75) is 0 Å². The predicted octanol–water partition coefficient (Wildman–Crippen LogP) is 3.65. The zero-order valence-electron chi connectivity index (χ0n) is 13.9. The first kappa shape index (κ1) is 14.7. The summed E-state index contributed by atoms with van der Waals surface area (Å²) in [7, 11) is 1.92. The van der Waals surface area contributed by atoms with E-state index in [1.807, 2.05) is 66.3 Å². The van der Waals surface area contributed by atoms with Crippen LogP contribution in [0.2, 0.25) is 0 Å². The Morgan fingerprint density at radius 3 is 2.31 bits per heavy atom. The van der Waals surface area contributed by atoms with Gasteiger partial charge in [0.2, 0.25) is 0 Å². The second-order valence-corrected chi connectivity index (χ2v) is 6.35. The Hall–Kier alpha value is -3.60. The molecule has 5 heteroatoms. The molecule has 1 aliphatic rings. The third-order valence-electron chi connectivity index (χ3n) is 4.87. The molecule has 0 saturated heterocycles. The minimum Gasteiger partial charge on any atom is -0.386 e. The lowest BCUT2D eigenvalue weighted by atomic mass is 9.95. The standard InChI is InChI=1S/C21H14N2O3/c1-23-11-15(13-7-3-5-9-17(13)23)19-18(20(24)26-21(19)25)14-10-22-16-8-4-2-6-12(14)16/h2-11,22H,1H3. The average Bonchev–Trinajstić information content (AvgIpc) is 3.29. The fraction of sp³-hybridized carbons (Fsp3) is 0.0476. The number of aryl methyl sites for hydroxylation is 1. The van der Waals surface area contributed by atoms with Crippen molar-refractivity contribution < 1.29 is 14.3 Å². The van der Waals surface area contributed by atoms with E-state index in [0.29, 0.717) is 22.3 Å². The van der Waals surface area contributed by atoms with Gasteiger partial charge in [-0.25, -0.2) is 9.59 Å². The van der Waals surface area contributed by atoms with Gasteiger partial charge in [-0.15, -0.1) is 0 Å². The van der Waals surface area contributed by atoms with Crippen molar-refractivity contribution in [1.82, 2.24) is 9.55 Å². The number of nitrogens with one attached hydrogen (secondary N) is 1. The highest BCUT2D eigenvalue weighted by Crippen LogP contribution is 2.39.